The number of esters is 1. The van der Waals surface area contributed by atoms with Crippen LogP contribution in [0.2, 0.25) is 0 Å². The van der Waals surface area contributed by atoms with Gasteiger partial charge in [0.2, 0.25) is 0 Å². The van der Waals surface area contributed by atoms with E-state index in [-0.39, 0.29) is 12.3 Å². The molecule has 0 bridgehead atoms. The molecule has 72 valence electrons. The first-order valence-corrected chi connectivity index (χ1v) is 4.37. The van der Waals surface area contributed by atoms with Crippen LogP contribution < -0.4 is 0 Å². The number of nitrogens with zero attached hydrogens (tertiary/aromatic N) is 1. The molecule has 0 N–H and O–H groups in total. The van der Waals surface area contributed by atoms with Gasteiger partial charge < -0.3 is 4.74 Å². The van der Waals surface area contributed by atoms with Crippen molar-refractivity contribution in [1.82, 2.24) is 0 Å². The van der Waals surface area contributed by atoms with Crippen LogP contribution in [0.15, 0.2) is 0 Å². The highest BCUT2D eigenvalue weighted by Crippen LogP contribution is 2.28. The molecule has 3 unspecified atom stereocenters. The monoisotopic (exact) mass is 185 g/mol. The Hall–Kier alpha value is -1.11. The molecule has 0 aromatic rings. The third-order valence-electron chi connectivity index (χ3n) is 2.18. The lowest BCUT2D eigenvalue weighted by Crippen LogP contribution is -2.20. The number of carbonyl (C=O) groups excluding carboxylic acids is 1. The SMILES string of the molecule is CC(C#N)OC(=O)C1CCC(F)C1. The summed E-state index contributed by atoms with van der Waals surface area (Å²) in [5, 5.41) is 8.38. The van der Waals surface area contributed by atoms with Gasteiger partial charge in [-0.25, -0.2) is 4.39 Å². The predicted molar refractivity (Wildman–Crippen MR) is 43.4 cm³/mol. The van der Waals surface area contributed by atoms with Crippen molar-refractivity contribution in [2.75, 3.05) is 0 Å². The maximum absolute atomic E-state index is 12.7. The number of hydrogen-bond donors (Lipinski definition) is 0. The Balaban J connectivity index is 2.37. The Kier molecular flexibility index (Phi) is 3.24. The summed E-state index contributed by atoms with van der Waals surface area (Å²) in [7, 11) is 0. The molecular formula is C9H12FNO2. The van der Waals surface area contributed by atoms with Crippen molar-refractivity contribution >= 4 is 5.97 Å². The van der Waals surface area contributed by atoms with Gasteiger partial charge in [0.05, 0.1) is 5.92 Å². The van der Waals surface area contributed by atoms with E-state index in [2.05, 4.69) is 0 Å². The lowest BCUT2D eigenvalue weighted by molar-refractivity contribution is -0.150. The molecule has 1 aliphatic carbocycles. The van der Waals surface area contributed by atoms with Crippen LogP contribution in [-0.4, -0.2) is 18.2 Å². The maximum Gasteiger partial charge on any atom is 0.310 e. The number of ether oxygens (including phenoxy) is 1. The van der Waals surface area contributed by atoms with Crippen LogP contribution in [0, 0.1) is 17.2 Å². The third-order valence-corrected chi connectivity index (χ3v) is 2.18. The Morgan fingerprint density at radius 2 is 2.38 bits per heavy atom. The van der Waals surface area contributed by atoms with Crippen LogP contribution in [0.1, 0.15) is 26.2 Å². The minimum Gasteiger partial charge on any atom is -0.447 e. The van der Waals surface area contributed by atoms with E-state index in [4.69, 9.17) is 10.00 Å². The molecule has 1 rings (SSSR count). The highest BCUT2D eigenvalue weighted by Gasteiger charge is 2.31. The first-order chi connectivity index (χ1) is 6.13. The summed E-state index contributed by atoms with van der Waals surface area (Å²) in [5.41, 5.74) is 0. The van der Waals surface area contributed by atoms with Crippen molar-refractivity contribution in [2.24, 2.45) is 5.92 Å². The fraction of sp³-hybridized carbons (Fsp3) is 0.778. The Morgan fingerprint density at radius 1 is 1.69 bits per heavy atom. The molecule has 0 spiro atoms. The quantitative estimate of drug-likeness (QED) is 0.613. The molecule has 4 heteroatoms. The molecule has 0 aliphatic heterocycles. The molecular weight excluding hydrogens is 173 g/mol. The summed E-state index contributed by atoms with van der Waals surface area (Å²) < 4.78 is 17.4. The van der Waals surface area contributed by atoms with Crippen molar-refractivity contribution in [3.05, 3.63) is 0 Å². The first kappa shape index (κ1) is 9.97. The van der Waals surface area contributed by atoms with Gasteiger partial charge in [0.1, 0.15) is 12.2 Å². The number of hydrogen-bond acceptors (Lipinski definition) is 3. The van der Waals surface area contributed by atoms with Gasteiger partial charge in [-0.1, -0.05) is 0 Å². The largest absolute Gasteiger partial charge is 0.447 e. The smallest absolute Gasteiger partial charge is 0.310 e. The van der Waals surface area contributed by atoms with E-state index in [0.717, 1.165) is 0 Å². The van der Waals surface area contributed by atoms with Gasteiger partial charge >= 0.3 is 5.97 Å². The molecule has 0 saturated heterocycles. The van der Waals surface area contributed by atoms with Gasteiger partial charge in [0.15, 0.2) is 6.10 Å². The van der Waals surface area contributed by atoms with E-state index in [1.807, 2.05) is 0 Å². The second kappa shape index (κ2) is 4.22. The summed E-state index contributed by atoms with van der Waals surface area (Å²) >= 11 is 0. The van der Waals surface area contributed by atoms with E-state index in [0.29, 0.717) is 12.8 Å². The zero-order valence-corrected chi connectivity index (χ0v) is 7.50. The van der Waals surface area contributed by atoms with Crippen LogP contribution in [0.3, 0.4) is 0 Å². The number of carbonyl (C=O) groups is 1. The molecule has 3 nitrogen and oxygen atoms in total. The van der Waals surface area contributed by atoms with E-state index in [1.165, 1.54) is 6.92 Å². The molecule has 13 heavy (non-hydrogen) atoms. The second-order valence-electron chi connectivity index (χ2n) is 3.32. The summed E-state index contributed by atoms with van der Waals surface area (Å²) in [6, 6.07) is 1.79. The van der Waals surface area contributed by atoms with Crippen molar-refractivity contribution in [2.45, 2.75) is 38.5 Å². The van der Waals surface area contributed by atoms with Gasteiger partial charge in [-0.3, -0.25) is 4.79 Å². The Bertz CT molecular complexity index is 236. The number of halogens is 1. The maximum atomic E-state index is 12.7. The summed E-state index contributed by atoms with van der Waals surface area (Å²) in [5.74, 6) is -0.778. The number of alkyl halides is 1. The first-order valence-electron chi connectivity index (χ1n) is 4.37. The second-order valence-corrected chi connectivity index (χ2v) is 3.32. The Morgan fingerprint density at radius 3 is 2.85 bits per heavy atom. The van der Waals surface area contributed by atoms with Crippen molar-refractivity contribution in [3.63, 3.8) is 0 Å². The van der Waals surface area contributed by atoms with Crippen LogP contribution in [0.25, 0.3) is 0 Å². The lowest BCUT2D eigenvalue weighted by Gasteiger charge is -2.10. The normalized spacial score (nSPS) is 29.3. The topological polar surface area (TPSA) is 50.1 Å². The van der Waals surface area contributed by atoms with E-state index < -0.39 is 18.2 Å². The summed E-state index contributed by atoms with van der Waals surface area (Å²) in [6.07, 6.45) is -0.392. The number of nitriles is 1. The molecule has 0 aromatic carbocycles. The molecule has 1 saturated carbocycles. The zero-order chi connectivity index (χ0) is 9.84. The fourth-order valence-corrected chi connectivity index (χ4v) is 1.44. The molecule has 0 heterocycles. The van der Waals surface area contributed by atoms with Crippen molar-refractivity contribution < 1.29 is 13.9 Å². The van der Waals surface area contributed by atoms with Crippen LogP contribution in [-0.2, 0) is 9.53 Å². The highest BCUT2D eigenvalue weighted by molar-refractivity contribution is 5.73. The zero-order valence-electron chi connectivity index (χ0n) is 7.50. The molecule has 0 radical (unpaired) electrons. The molecule has 0 amide bonds. The standard InChI is InChI=1S/C9H12FNO2/c1-6(5-11)13-9(12)7-2-3-8(10)4-7/h6-8H,2-4H2,1H3. The van der Waals surface area contributed by atoms with Crippen molar-refractivity contribution in [1.29, 1.82) is 5.26 Å². The molecule has 3 atom stereocenters. The van der Waals surface area contributed by atoms with E-state index in [1.54, 1.807) is 6.07 Å². The lowest BCUT2D eigenvalue weighted by atomic mass is 10.1. The third kappa shape index (κ3) is 2.69. The van der Waals surface area contributed by atoms with E-state index in [9.17, 15) is 9.18 Å². The van der Waals surface area contributed by atoms with Gasteiger partial charge in [0.25, 0.3) is 0 Å². The van der Waals surface area contributed by atoms with Gasteiger partial charge in [-0.15, -0.1) is 0 Å². The van der Waals surface area contributed by atoms with Gasteiger partial charge in [-0.2, -0.15) is 5.26 Å². The summed E-state index contributed by atoms with van der Waals surface area (Å²) in [6.45, 7) is 1.50. The van der Waals surface area contributed by atoms with Gasteiger partial charge in [-0.05, 0) is 26.2 Å². The average molecular weight is 185 g/mol. The number of rotatable bonds is 2. The highest BCUT2D eigenvalue weighted by atomic mass is 19.1. The minimum atomic E-state index is -0.880. The molecule has 0 aromatic heterocycles. The van der Waals surface area contributed by atoms with Crippen LogP contribution >= 0.6 is 0 Å². The minimum absolute atomic E-state index is 0.247. The van der Waals surface area contributed by atoms with Gasteiger partial charge in [0, 0.05) is 0 Å². The summed E-state index contributed by atoms with van der Waals surface area (Å²) in [4.78, 5) is 11.2. The van der Waals surface area contributed by atoms with Crippen LogP contribution in [0.5, 0.6) is 0 Å². The molecule has 1 aliphatic rings. The van der Waals surface area contributed by atoms with Crippen LogP contribution in [0.4, 0.5) is 4.39 Å². The van der Waals surface area contributed by atoms with Crippen molar-refractivity contribution in [3.8, 4) is 6.07 Å². The molecule has 1 fully saturated rings. The Labute approximate surface area is 76.5 Å². The van der Waals surface area contributed by atoms with E-state index >= 15 is 0 Å². The fourth-order valence-electron chi connectivity index (χ4n) is 1.44. The predicted octanol–water partition coefficient (Wildman–Crippen LogP) is 1.58. The average Bonchev–Trinajstić information content (AvgIpc) is 2.51.